The zero-order valence-electron chi connectivity index (χ0n) is 18.4. The van der Waals surface area contributed by atoms with Crippen LogP contribution in [0.15, 0.2) is 46.8 Å². The fraction of sp³-hybridized carbons (Fsp3) is 0.520. The van der Waals surface area contributed by atoms with Gasteiger partial charge in [0, 0.05) is 29.0 Å². The Labute approximate surface area is 179 Å². The van der Waals surface area contributed by atoms with Gasteiger partial charge >= 0.3 is 5.97 Å². The average molecular weight is 412 g/mol. The van der Waals surface area contributed by atoms with E-state index in [0.717, 1.165) is 61.2 Å². The Bertz CT molecular complexity index is 852. The van der Waals surface area contributed by atoms with Crippen LogP contribution in [0.25, 0.3) is 0 Å². The van der Waals surface area contributed by atoms with Crippen LogP contribution in [0.2, 0.25) is 0 Å². The summed E-state index contributed by atoms with van der Waals surface area (Å²) < 4.78 is 11.6. The maximum Gasteiger partial charge on any atom is 0.336 e. The van der Waals surface area contributed by atoms with E-state index in [2.05, 4.69) is 19.2 Å². The van der Waals surface area contributed by atoms with Crippen LogP contribution < -0.4 is 10.1 Å². The molecular weight excluding hydrogens is 378 g/mol. The molecular formula is C25H33NO4. The molecule has 0 radical (unpaired) electrons. The largest absolute Gasteiger partial charge is 0.493 e. The first-order valence-corrected chi connectivity index (χ1v) is 11.2. The molecule has 0 aromatic heterocycles. The summed E-state index contributed by atoms with van der Waals surface area (Å²) >= 11 is 0. The van der Waals surface area contributed by atoms with Gasteiger partial charge in [-0.15, -0.1) is 0 Å². The molecule has 162 valence electrons. The quantitative estimate of drug-likeness (QED) is 0.448. The summed E-state index contributed by atoms with van der Waals surface area (Å²) in [6.07, 6.45) is 5.96. The number of unbranched alkanes of at least 4 members (excludes halogenated alkanes) is 2. The molecule has 0 unspecified atom stereocenters. The number of ketones is 1. The van der Waals surface area contributed by atoms with Gasteiger partial charge in [0.05, 0.1) is 24.7 Å². The molecule has 30 heavy (non-hydrogen) atoms. The SMILES string of the molecule is CCCCCOC(=O)C1=C(C)NC2=C(C(=O)CCC2)[C@@H]1c1ccccc1OCCC. The molecule has 1 N–H and O–H groups in total. The van der Waals surface area contributed by atoms with Crippen LogP contribution in [0.1, 0.15) is 77.2 Å². The number of ether oxygens (including phenoxy) is 2. The van der Waals surface area contributed by atoms with E-state index in [0.29, 0.717) is 30.8 Å². The maximum atomic E-state index is 13.2. The second kappa shape index (κ2) is 10.5. The van der Waals surface area contributed by atoms with Gasteiger partial charge in [0.2, 0.25) is 0 Å². The van der Waals surface area contributed by atoms with Crippen molar-refractivity contribution in [1.29, 1.82) is 0 Å². The molecule has 1 atom stereocenters. The number of hydrogen-bond acceptors (Lipinski definition) is 5. The fourth-order valence-electron chi connectivity index (χ4n) is 4.22. The molecule has 0 bridgehead atoms. The average Bonchev–Trinajstić information content (AvgIpc) is 2.74. The minimum Gasteiger partial charge on any atom is -0.493 e. The number of carbonyl (C=O) groups excluding carboxylic acids is 2. The normalized spacial score (nSPS) is 18.8. The van der Waals surface area contributed by atoms with E-state index >= 15 is 0 Å². The Balaban J connectivity index is 2.03. The minimum absolute atomic E-state index is 0.0998. The molecule has 1 aromatic rings. The third-order valence-electron chi connectivity index (χ3n) is 5.67. The first-order valence-electron chi connectivity index (χ1n) is 11.2. The maximum absolute atomic E-state index is 13.2. The summed E-state index contributed by atoms with van der Waals surface area (Å²) in [4.78, 5) is 26.2. The zero-order chi connectivity index (χ0) is 21.5. The molecule has 5 heteroatoms. The number of para-hydroxylation sites is 1. The standard InChI is InChI=1S/C25H33NO4/c1-4-6-9-16-30-25(28)22-17(3)26-19-12-10-13-20(27)24(19)23(22)18-11-7-8-14-21(18)29-15-5-2/h7-8,11,14,23,26H,4-6,9-10,12-13,15-16H2,1-3H3/t23-/m1/s1. The molecule has 5 nitrogen and oxygen atoms in total. The van der Waals surface area contributed by atoms with Crippen LogP contribution in [-0.4, -0.2) is 25.0 Å². The van der Waals surface area contributed by atoms with Gasteiger partial charge in [0.15, 0.2) is 5.78 Å². The smallest absolute Gasteiger partial charge is 0.336 e. The summed E-state index contributed by atoms with van der Waals surface area (Å²) in [5.74, 6) is 0.0143. The third kappa shape index (κ3) is 4.77. The fourth-order valence-corrected chi connectivity index (χ4v) is 4.22. The minimum atomic E-state index is -0.458. The number of Topliss-reactive ketones (excluding diaryl/α,β-unsaturated/α-hetero) is 1. The molecule has 1 heterocycles. The number of benzene rings is 1. The van der Waals surface area contributed by atoms with Crippen molar-refractivity contribution in [2.45, 2.75) is 71.6 Å². The molecule has 0 spiro atoms. The molecule has 0 saturated heterocycles. The van der Waals surface area contributed by atoms with Crippen molar-refractivity contribution < 1.29 is 19.1 Å². The summed E-state index contributed by atoms with van der Waals surface area (Å²) in [5.41, 5.74) is 3.77. The third-order valence-corrected chi connectivity index (χ3v) is 5.67. The highest BCUT2D eigenvalue weighted by Crippen LogP contribution is 2.45. The summed E-state index contributed by atoms with van der Waals surface area (Å²) in [6.45, 7) is 7.05. The lowest BCUT2D eigenvalue weighted by Crippen LogP contribution is -2.34. The first kappa shape index (κ1) is 22.1. The Morgan fingerprint density at radius 3 is 2.67 bits per heavy atom. The van der Waals surface area contributed by atoms with Crippen LogP contribution in [0, 0.1) is 0 Å². The van der Waals surface area contributed by atoms with Gasteiger partial charge in [-0.25, -0.2) is 4.79 Å². The van der Waals surface area contributed by atoms with E-state index in [9.17, 15) is 9.59 Å². The lowest BCUT2D eigenvalue weighted by molar-refractivity contribution is -0.139. The van der Waals surface area contributed by atoms with Crippen molar-refractivity contribution in [3.8, 4) is 5.75 Å². The Morgan fingerprint density at radius 2 is 1.90 bits per heavy atom. The Hall–Kier alpha value is -2.56. The zero-order valence-corrected chi connectivity index (χ0v) is 18.4. The van der Waals surface area contributed by atoms with E-state index in [1.165, 1.54) is 0 Å². The van der Waals surface area contributed by atoms with Crippen molar-refractivity contribution in [3.05, 3.63) is 52.4 Å². The lowest BCUT2D eigenvalue weighted by atomic mass is 9.75. The van der Waals surface area contributed by atoms with Gasteiger partial charge in [-0.05, 0) is 38.7 Å². The van der Waals surface area contributed by atoms with Gasteiger partial charge in [-0.1, -0.05) is 44.9 Å². The number of hydrogen-bond donors (Lipinski definition) is 1. The first-order chi connectivity index (χ1) is 14.6. The highest BCUT2D eigenvalue weighted by atomic mass is 16.5. The highest BCUT2D eigenvalue weighted by molar-refractivity contribution is 6.04. The molecule has 0 saturated carbocycles. The number of rotatable bonds is 9. The molecule has 1 aliphatic heterocycles. The van der Waals surface area contributed by atoms with Crippen molar-refractivity contribution in [1.82, 2.24) is 5.32 Å². The highest BCUT2D eigenvalue weighted by Gasteiger charge is 2.40. The van der Waals surface area contributed by atoms with Crippen LogP contribution in [0.5, 0.6) is 5.75 Å². The Kier molecular flexibility index (Phi) is 7.72. The summed E-state index contributed by atoms with van der Waals surface area (Å²) in [7, 11) is 0. The van der Waals surface area contributed by atoms with Crippen LogP contribution in [0.3, 0.4) is 0 Å². The summed E-state index contributed by atoms with van der Waals surface area (Å²) in [5, 5.41) is 3.34. The monoisotopic (exact) mass is 411 g/mol. The molecule has 2 aliphatic rings. The van der Waals surface area contributed by atoms with E-state index in [4.69, 9.17) is 9.47 Å². The number of dihydropyridines is 1. The van der Waals surface area contributed by atoms with Crippen molar-refractivity contribution in [3.63, 3.8) is 0 Å². The van der Waals surface area contributed by atoms with E-state index in [-0.39, 0.29) is 11.8 Å². The molecule has 3 rings (SSSR count). The van der Waals surface area contributed by atoms with Crippen LogP contribution >= 0.6 is 0 Å². The van der Waals surface area contributed by atoms with Gasteiger partial charge in [-0.3, -0.25) is 4.79 Å². The topological polar surface area (TPSA) is 64.6 Å². The number of carbonyl (C=O) groups is 2. The van der Waals surface area contributed by atoms with E-state index in [1.807, 2.05) is 31.2 Å². The molecule has 1 aromatic carbocycles. The number of nitrogens with one attached hydrogen (secondary N) is 1. The van der Waals surface area contributed by atoms with E-state index in [1.54, 1.807) is 0 Å². The van der Waals surface area contributed by atoms with Crippen molar-refractivity contribution in [2.75, 3.05) is 13.2 Å². The van der Waals surface area contributed by atoms with Gasteiger partial charge in [-0.2, -0.15) is 0 Å². The van der Waals surface area contributed by atoms with E-state index < -0.39 is 5.92 Å². The lowest BCUT2D eigenvalue weighted by Gasteiger charge is -2.34. The van der Waals surface area contributed by atoms with Gasteiger partial charge in [0.25, 0.3) is 0 Å². The molecule has 0 amide bonds. The van der Waals surface area contributed by atoms with Gasteiger partial charge in [0.1, 0.15) is 5.75 Å². The number of allylic oxidation sites excluding steroid dienone is 3. The molecule has 0 fully saturated rings. The van der Waals surface area contributed by atoms with Crippen molar-refractivity contribution in [2.24, 2.45) is 0 Å². The van der Waals surface area contributed by atoms with Crippen LogP contribution in [-0.2, 0) is 14.3 Å². The van der Waals surface area contributed by atoms with Crippen LogP contribution in [0.4, 0.5) is 0 Å². The second-order valence-electron chi connectivity index (χ2n) is 7.99. The predicted molar refractivity (Wildman–Crippen MR) is 117 cm³/mol. The van der Waals surface area contributed by atoms with Crippen molar-refractivity contribution >= 4 is 11.8 Å². The van der Waals surface area contributed by atoms with Gasteiger partial charge < -0.3 is 14.8 Å². The summed E-state index contributed by atoms with van der Waals surface area (Å²) in [6, 6.07) is 7.74. The Morgan fingerprint density at radius 1 is 1.10 bits per heavy atom. The second-order valence-corrected chi connectivity index (χ2v) is 7.99. The number of esters is 1. The molecule has 1 aliphatic carbocycles. The predicted octanol–water partition coefficient (Wildman–Crippen LogP) is 5.18.